The molecule has 0 bridgehead atoms. The van der Waals surface area contributed by atoms with Crippen LogP contribution in [0.2, 0.25) is 0 Å². The summed E-state index contributed by atoms with van der Waals surface area (Å²) in [6.07, 6.45) is 0. The molecule has 0 aliphatic rings. The molecule has 1 amide bonds. The van der Waals surface area contributed by atoms with Crippen molar-refractivity contribution in [3.8, 4) is 5.75 Å². The smallest absolute Gasteiger partial charge is 0.261 e. The van der Waals surface area contributed by atoms with Gasteiger partial charge < -0.3 is 10.1 Å². The van der Waals surface area contributed by atoms with E-state index in [4.69, 9.17) is 4.74 Å². The van der Waals surface area contributed by atoms with Gasteiger partial charge in [0.1, 0.15) is 17.1 Å². The Labute approximate surface area is 152 Å². The van der Waals surface area contributed by atoms with Crippen LogP contribution in [0.1, 0.15) is 6.92 Å². The number of hydrogen-bond donors (Lipinski definition) is 2. The second-order valence-corrected chi connectivity index (χ2v) is 8.00. The minimum absolute atomic E-state index is 0.0683. The van der Waals surface area contributed by atoms with Crippen molar-refractivity contribution in [2.24, 2.45) is 0 Å². The van der Waals surface area contributed by atoms with Crippen LogP contribution in [0.4, 0.5) is 15.2 Å². The number of nitrogens with zero attached hydrogens (tertiary/aromatic N) is 1. The Balaban J connectivity index is 1.99. The quantitative estimate of drug-likeness (QED) is 0.691. The lowest BCUT2D eigenvalue weighted by Crippen LogP contribution is -2.13. The fourth-order valence-corrected chi connectivity index (χ4v) is 4.25. The van der Waals surface area contributed by atoms with Crippen LogP contribution in [-0.4, -0.2) is 26.4 Å². The number of rotatable bonds is 5. The summed E-state index contributed by atoms with van der Waals surface area (Å²) in [6, 6.07) is 7.56. The van der Waals surface area contributed by atoms with Crippen molar-refractivity contribution in [3.05, 3.63) is 42.2 Å². The number of carbonyl (C=O) groups excluding carboxylic acids is 1. The number of aromatic nitrogens is 1. The normalized spacial score (nSPS) is 11.3. The van der Waals surface area contributed by atoms with E-state index in [1.807, 2.05) is 0 Å². The first kappa shape index (κ1) is 18.1. The Morgan fingerprint density at radius 1 is 1.23 bits per heavy atom. The number of fused-ring (bicyclic) bond motifs is 1. The molecule has 0 saturated heterocycles. The number of ether oxygens (including phenoxy) is 1. The van der Waals surface area contributed by atoms with E-state index in [1.54, 1.807) is 6.07 Å². The lowest BCUT2D eigenvalue weighted by atomic mass is 10.3. The third kappa shape index (κ3) is 3.75. The zero-order valence-corrected chi connectivity index (χ0v) is 15.4. The molecule has 0 aliphatic heterocycles. The molecule has 0 unspecified atom stereocenters. The van der Waals surface area contributed by atoms with E-state index in [1.165, 1.54) is 43.6 Å². The Bertz CT molecular complexity index is 1080. The van der Waals surface area contributed by atoms with E-state index in [9.17, 15) is 17.6 Å². The largest absolute Gasteiger partial charge is 0.494 e. The third-order valence-electron chi connectivity index (χ3n) is 3.34. The first-order chi connectivity index (χ1) is 12.3. The molecule has 0 radical (unpaired) electrons. The summed E-state index contributed by atoms with van der Waals surface area (Å²) in [5, 5.41) is 2.96. The van der Waals surface area contributed by atoms with Gasteiger partial charge in [-0.15, -0.1) is 0 Å². The molecule has 0 aliphatic carbocycles. The van der Waals surface area contributed by atoms with Gasteiger partial charge in [0.15, 0.2) is 5.13 Å². The third-order valence-corrected chi connectivity index (χ3v) is 5.65. The number of carbonyl (C=O) groups is 1. The Morgan fingerprint density at radius 2 is 1.92 bits per heavy atom. The summed E-state index contributed by atoms with van der Waals surface area (Å²) in [5.41, 5.74) is 0.766. The van der Waals surface area contributed by atoms with Crippen LogP contribution in [-0.2, 0) is 14.8 Å². The van der Waals surface area contributed by atoms with Crippen molar-refractivity contribution in [2.45, 2.75) is 11.8 Å². The van der Waals surface area contributed by atoms with Crippen LogP contribution in [0.3, 0.4) is 0 Å². The second kappa shape index (κ2) is 6.89. The lowest BCUT2D eigenvalue weighted by molar-refractivity contribution is -0.114. The van der Waals surface area contributed by atoms with Crippen molar-refractivity contribution in [3.63, 3.8) is 0 Å². The number of hydrogen-bond acceptors (Lipinski definition) is 6. The fourth-order valence-electron chi connectivity index (χ4n) is 2.25. The van der Waals surface area contributed by atoms with Gasteiger partial charge in [-0.3, -0.25) is 9.52 Å². The van der Waals surface area contributed by atoms with Gasteiger partial charge in [-0.05, 0) is 30.3 Å². The topological polar surface area (TPSA) is 97.4 Å². The SMILES string of the molecule is COc1cc(NS(=O)(=O)c2ccc(F)cc2)cc2sc(NC(C)=O)nc12. The highest BCUT2D eigenvalue weighted by Gasteiger charge is 2.17. The van der Waals surface area contributed by atoms with E-state index < -0.39 is 15.8 Å². The number of benzene rings is 2. The molecule has 2 aromatic carbocycles. The zero-order valence-electron chi connectivity index (χ0n) is 13.7. The van der Waals surface area contributed by atoms with Crippen LogP contribution in [0.15, 0.2) is 41.3 Å². The van der Waals surface area contributed by atoms with E-state index in [0.717, 1.165) is 12.1 Å². The maximum Gasteiger partial charge on any atom is 0.261 e. The van der Waals surface area contributed by atoms with Crippen LogP contribution >= 0.6 is 11.3 Å². The van der Waals surface area contributed by atoms with Gasteiger partial charge in [0.2, 0.25) is 5.91 Å². The monoisotopic (exact) mass is 395 g/mol. The maximum absolute atomic E-state index is 13.0. The molecule has 2 N–H and O–H groups in total. The maximum atomic E-state index is 13.0. The van der Waals surface area contributed by atoms with E-state index in [0.29, 0.717) is 21.1 Å². The summed E-state index contributed by atoms with van der Waals surface area (Å²) in [5.74, 6) is -0.436. The molecule has 7 nitrogen and oxygen atoms in total. The molecule has 3 rings (SSSR count). The molecule has 0 saturated carbocycles. The van der Waals surface area contributed by atoms with Crippen molar-refractivity contribution >= 4 is 48.3 Å². The van der Waals surface area contributed by atoms with Gasteiger partial charge in [0.05, 0.1) is 22.4 Å². The number of sulfonamides is 1. The van der Waals surface area contributed by atoms with E-state index in [2.05, 4.69) is 15.0 Å². The number of amides is 1. The number of anilines is 2. The highest BCUT2D eigenvalue weighted by Crippen LogP contribution is 2.36. The van der Waals surface area contributed by atoms with Gasteiger partial charge in [-0.1, -0.05) is 11.3 Å². The van der Waals surface area contributed by atoms with Crippen molar-refractivity contribution in [1.82, 2.24) is 4.98 Å². The zero-order chi connectivity index (χ0) is 18.9. The highest BCUT2D eigenvalue weighted by molar-refractivity contribution is 7.92. The molecule has 0 fully saturated rings. The molecule has 136 valence electrons. The van der Waals surface area contributed by atoms with Gasteiger partial charge in [-0.25, -0.2) is 17.8 Å². The standard InChI is InChI=1S/C16H14FN3O4S2/c1-9(21)18-16-19-15-13(24-2)7-11(8-14(15)25-16)20-26(22,23)12-5-3-10(17)4-6-12/h3-8,20H,1-2H3,(H,18,19,21). The number of methoxy groups -OCH3 is 1. The van der Waals surface area contributed by atoms with E-state index >= 15 is 0 Å². The Kier molecular flexibility index (Phi) is 4.79. The van der Waals surface area contributed by atoms with Crippen LogP contribution in [0.5, 0.6) is 5.75 Å². The van der Waals surface area contributed by atoms with E-state index in [-0.39, 0.29) is 16.5 Å². The first-order valence-corrected chi connectivity index (χ1v) is 9.63. The van der Waals surface area contributed by atoms with Crippen LogP contribution in [0.25, 0.3) is 10.2 Å². The highest BCUT2D eigenvalue weighted by atomic mass is 32.2. The Morgan fingerprint density at radius 3 is 2.54 bits per heavy atom. The Hall–Kier alpha value is -2.72. The predicted octanol–water partition coefficient (Wildman–Crippen LogP) is 3.20. The average Bonchev–Trinajstić information content (AvgIpc) is 2.95. The fraction of sp³-hybridized carbons (Fsp3) is 0.125. The summed E-state index contributed by atoms with van der Waals surface area (Å²) >= 11 is 1.19. The number of thiazole rings is 1. The number of nitrogens with one attached hydrogen (secondary N) is 2. The molecule has 1 heterocycles. The lowest BCUT2D eigenvalue weighted by Gasteiger charge is -2.10. The van der Waals surface area contributed by atoms with Crippen molar-refractivity contribution in [1.29, 1.82) is 0 Å². The van der Waals surface area contributed by atoms with Crippen molar-refractivity contribution in [2.75, 3.05) is 17.1 Å². The van der Waals surface area contributed by atoms with Crippen molar-refractivity contribution < 1.29 is 22.3 Å². The molecule has 10 heteroatoms. The number of halogens is 1. The predicted molar refractivity (Wildman–Crippen MR) is 97.7 cm³/mol. The molecule has 1 aromatic heterocycles. The summed E-state index contributed by atoms with van der Waals surface area (Å²) in [4.78, 5) is 15.4. The minimum Gasteiger partial charge on any atom is -0.494 e. The van der Waals surface area contributed by atoms with Crippen LogP contribution < -0.4 is 14.8 Å². The van der Waals surface area contributed by atoms with Gasteiger partial charge in [-0.2, -0.15) is 0 Å². The second-order valence-electron chi connectivity index (χ2n) is 5.28. The molecule has 26 heavy (non-hydrogen) atoms. The summed E-state index contributed by atoms with van der Waals surface area (Å²) < 4.78 is 46.2. The average molecular weight is 395 g/mol. The van der Waals surface area contributed by atoms with Gasteiger partial charge >= 0.3 is 0 Å². The first-order valence-electron chi connectivity index (χ1n) is 7.33. The summed E-state index contributed by atoms with van der Waals surface area (Å²) in [6.45, 7) is 1.37. The molecule has 0 atom stereocenters. The minimum atomic E-state index is -3.89. The van der Waals surface area contributed by atoms with Gasteiger partial charge in [0.25, 0.3) is 10.0 Å². The molecule has 0 spiro atoms. The molecular weight excluding hydrogens is 381 g/mol. The van der Waals surface area contributed by atoms with Gasteiger partial charge in [0, 0.05) is 13.0 Å². The summed E-state index contributed by atoms with van der Waals surface area (Å²) in [7, 11) is -2.46. The molecule has 3 aromatic rings. The molecular formula is C16H14FN3O4S2. The van der Waals surface area contributed by atoms with Crippen LogP contribution in [0, 0.1) is 5.82 Å².